The van der Waals surface area contributed by atoms with E-state index in [0.29, 0.717) is 0 Å². The molecule has 4 heteroatoms. The summed E-state index contributed by atoms with van der Waals surface area (Å²) < 4.78 is 22.0. The third kappa shape index (κ3) is 2.08. The lowest BCUT2D eigenvalue weighted by Crippen LogP contribution is -2.12. The second-order valence-electron chi connectivity index (χ2n) is 0.866. The SMILES string of the molecule is O=C(O)C(F)[CH]F. The van der Waals surface area contributed by atoms with E-state index < -0.39 is 18.8 Å². The lowest BCUT2D eigenvalue weighted by Gasteiger charge is -1.89. The normalized spacial score (nSPS) is 13.4. The Morgan fingerprint density at radius 2 is 2.29 bits per heavy atom. The molecule has 0 aromatic heterocycles. The molecule has 0 bridgehead atoms. The van der Waals surface area contributed by atoms with E-state index in [4.69, 9.17) is 5.11 Å². The van der Waals surface area contributed by atoms with Gasteiger partial charge in [0.25, 0.3) is 0 Å². The Hall–Kier alpha value is -0.670. The van der Waals surface area contributed by atoms with Gasteiger partial charge in [-0.05, 0) is 0 Å². The van der Waals surface area contributed by atoms with E-state index in [0.717, 1.165) is 0 Å². The number of carboxylic acid groups (broad SMARTS) is 1. The summed E-state index contributed by atoms with van der Waals surface area (Å²) >= 11 is 0. The van der Waals surface area contributed by atoms with E-state index in [9.17, 15) is 13.6 Å². The first-order valence-corrected chi connectivity index (χ1v) is 1.49. The Balaban J connectivity index is 3.34. The van der Waals surface area contributed by atoms with Gasteiger partial charge in [-0.25, -0.2) is 13.6 Å². The highest BCUT2D eigenvalue weighted by Crippen LogP contribution is 1.94. The van der Waals surface area contributed by atoms with Crippen molar-refractivity contribution in [2.45, 2.75) is 6.17 Å². The van der Waals surface area contributed by atoms with Crippen molar-refractivity contribution in [3.05, 3.63) is 6.67 Å². The van der Waals surface area contributed by atoms with Crippen molar-refractivity contribution in [2.75, 3.05) is 0 Å². The number of halogens is 2. The lowest BCUT2D eigenvalue weighted by atomic mass is 10.4. The monoisotopic (exact) mass is 109 g/mol. The maximum Gasteiger partial charge on any atom is 0.341 e. The zero-order valence-corrected chi connectivity index (χ0v) is 3.27. The Kier molecular flexibility index (Phi) is 2.26. The van der Waals surface area contributed by atoms with Gasteiger partial charge in [-0.1, -0.05) is 0 Å². The molecule has 0 fully saturated rings. The fraction of sp³-hybridized carbons (Fsp3) is 0.333. The van der Waals surface area contributed by atoms with Gasteiger partial charge < -0.3 is 5.11 Å². The highest BCUT2D eigenvalue weighted by atomic mass is 19.2. The lowest BCUT2D eigenvalue weighted by molar-refractivity contribution is -0.142. The summed E-state index contributed by atoms with van der Waals surface area (Å²) in [7, 11) is 0. The van der Waals surface area contributed by atoms with Crippen molar-refractivity contribution in [3.63, 3.8) is 0 Å². The molecule has 0 heterocycles. The largest absolute Gasteiger partial charge is 0.479 e. The van der Waals surface area contributed by atoms with Gasteiger partial charge in [0.1, 0.15) is 0 Å². The molecule has 0 aromatic carbocycles. The van der Waals surface area contributed by atoms with E-state index in [-0.39, 0.29) is 0 Å². The number of alkyl halides is 1. The van der Waals surface area contributed by atoms with Crippen molar-refractivity contribution in [3.8, 4) is 0 Å². The minimum Gasteiger partial charge on any atom is -0.479 e. The maximum absolute atomic E-state index is 11.2. The van der Waals surface area contributed by atoms with Crippen LogP contribution < -0.4 is 0 Å². The minimum absolute atomic E-state index is 0.525. The molecule has 41 valence electrons. The minimum atomic E-state index is -2.47. The fourth-order valence-corrected chi connectivity index (χ4v) is 0.0539. The average Bonchev–Trinajstić information content (AvgIpc) is 1.65. The standard InChI is InChI=1S/C3H3F2O2/c4-1-2(5)3(6)7/h1-2H,(H,6,7). The summed E-state index contributed by atoms with van der Waals surface area (Å²) in [5.74, 6) is -1.80. The summed E-state index contributed by atoms with van der Waals surface area (Å²) in [4.78, 5) is 9.28. The summed E-state index contributed by atoms with van der Waals surface area (Å²) in [6.45, 7) is -0.525. The third-order valence-electron chi connectivity index (χ3n) is 0.347. The van der Waals surface area contributed by atoms with Crippen LogP contribution in [0.15, 0.2) is 0 Å². The van der Waals surface area contributed by atoms with Gasteiger partial charge in [-0.2, -0.15) is 0 Å². The van der Waals surface area contributed by atoms with Gasteiger partial charge in [0, 0.05) is 0 Å². The Labute approximate surface area is 38.8 Å². The Morgan fingerprint density at radius 1 is 1.86 bits per heavy atom. The van der Waals surface area contributed by atoms with E-state index in [1.54, 1.807) is 0 Å². The smallest absolute Gasteiger partial charge is 0.341 e. The molecular weight excluding hydrogens is 106 g/mol. The first kappa shape index (κ1) is 6.33. The zero-order valence-electron chi connectivity index (χ0n) is 3.27. The van der Waals surface area contributed by atoms with Crippen molar-refractivity contribution in [2.24, 2.45) is 0 Å². The van der Waals surface area contributed by atoms with Gasteiger partial charge in [0.2, 0.25) is 6.17 Å². The number of hydrogen-bond acceptors (Lipinski definition) is 1. The van der Waals surface area contributed by atoms with Crippen LogP contribution in [0.3, 0.4) is 0 Å². The first-order valence-electron chi connectivity index (χ1n) is 1.49. The topological polar surface area (TPSA) is 37.3 Å². The Bertz CT molecular complexity index is 73.3. The van der Waals surface area contributed by atoms with Crippen LogP contribution in [0.2, 0.25) is 0 Å². The second-order valence-corrected chi connectivity index (χ2v) is 0.866. The van der Waals surface area contributed by atoms with E-state index in [1.807, 2.05) is 0 Å². The molecular formula is C3H3F2O2. The molecule has 1 N–H and O–H groups in total. The van der Waals surface area contributed by atoms with Crippen LogP contribution in [0.1, 0.15) is 0 Å². The van der Waals surface area contributed by atoms with Crippen LogP contribution in [0.4, 0.5) is 8.78 Å². The van der Waals surface area contributed by atoms with Gasteiger partial charge in [0.15, 0.2) is 6.67 Å². The molecule has 1 unspecified atom stereocenters. The van der Waals surface area contributed by atoms with Crippen LogP contribution in [-0.2, 0) is 4.79 Å². The molecule has 0 amide bonds. The van der Waals surface area contributed by atoms with Crippen molar-refractivity contribution < 1.29 is 18.7 Å². The molecule has 2 nitrogen and oxygen atoms in total. The van der Waals surface area contributed by atoms with Crippen LogP contribution in [0.5, 0.6) is 0 Å². The number of aliphatic carboxylic acids is 1. The number of carboxylic acids is 1. The predicted molar refractivity (Wildman–Crippen MR) is 17.9 cm³/mol. The van der Waals surface area contributed by atoms with Crippen LogP contribution in [-0.4, -0.2) is 17.2 Å². The second kappa shape index (κ2) is 2.49. The van der Waals surface area contributed by atoms with Gasteiger partial charge in [-0.3, -0.25) is 0 Å². The quantitative estimate of drug-likeness (QED) is 0.561. The molecule has 0 aliphatic heterocycles. The molecule has 0 saturated carbocycles. The fourth-order valence-electron chi connectivity index (χ4n) is 0.0539. The molecule has 0 saturated heterocycles. The average molecular weight is 109 g/mol. The van der Waals surface area contributed by atoms with Gasteiger partial charge >= 0.3 is 5.97 Å². The van der Waals surface area contributed by atoms with Gasteiger partial charge in [0.05, 0.1) is 0 Å². The maximum atomic E-state index is 11.2. The summed E-state index contributed by atoms with van der Waals surface area (Å²) in [5, 5.41) is 7.54. The van der Waals surface area contributed by atoms with E-state index >= 15 is 0 Å². The molecule has 1 atom stereocenters. The van der Waals surface area contributed by atoms with E-state index in [2.05, 4.69) is 0 Å². The molecule has 0 rings (SSSR count). The highest BCUT2D eigenvalue weighted by Gasteiger charge is 2.14. The van der Waals surface area contributed by atoms with Crippen molar-refractivity contribution >= 4 is 5.97 Å². The molecule has 0 aromatic rings. The summed E-state index contributed by atoms with van der Waals surface area (Å²) in [6, 6.07) is 0. The van der Waals surface area contributed by atoms with Crippen molar-refractivity contribution in [1.29, 1.82) is 0 Å². The van der Waals surface area contributed by atoms with Crippen LogP contribution in [0, 0.1) is 6.67 Å². The Morgan fingerprint density at radius 3 is 2.29 bits per heavy atom. The summed E-state index contributed by atoms with van der Waals surface area (Å²) in [5.41, 5.74) is 0. The highest BCUT2D eigenvalue weighted by molar-refractivity contribution is 5.73. The number of hydrogen-bond donors (Lipinski definition) is 1. The molecule has 7 heavy (non-hydrogen) atoms. The first-order chi connectivity index (χ1) is 3.18. The number of rotatable bonds is 2. The summed E-state index contributed by atoms with van der Waals surface area (Å²) in [6.07, 6.45) is -2.47. The predicted octanol–water partition coefficient (Wildman–Crippen LogP) is 0.540. The van der Waals surface area contributed by atoms with E-state index in [1.165, 1.54) is 0 Å². The third-order valence-corrected chi connectivity index (χ3v) is 0.347. The van der Waals surface area contributed by atoms with Crippen LogP contribution >= 0.6 is 0 Å². The van der Waals surface area contributed by atoms with Gasteiger partial charge in [-0.15, -0.1) is 0 Å². The molecule has 1 radical (unpaired) electrons. The van der Waals surface area contributed by atoms with Crippen molar-refractivity contribution in [1.82, 2.24) is 0 Å². The van der Waals surface area contributed by atoms with Crippen LogP contribution in [0.25, 0.3) is 0 Å². The molecule has 0 aliphatic carbocycles. The number of carbonyl (C=O) groups is 1. The zero-order chi connectivity index (χ0) is 5.86. The molecule has 0 aliphatic rings. The molecule has 0 spiro atoms.